The molecule has 16 heavy (non-hydrogen) atoms. The fourth-order valence-electron chi connectivity index (χ4n) is 1.20. The maximum atomic E-state index is 11.0. The Kier molecular flexibility index (Phi) is 3.18. The van der Waals surface area contributed by atoms with E-state index in [1.807, 2.05) is 0 Å². The van der Waals surface area contributed by atoms with Gasteiger partial charge < -0.3 is 10.4 Å². The van der Waals surface area contributed by atoms with Crippen LogP contribution in [0.2, 0.25) is 5.02 Å². The summed E-state index contributed by atoms with van der Waals surface area (Å²) in [5.74, 6) is 0.0969. The van der Waals surface area contributed by atoms with E-state index >= 15 is 0 Å². The van der Waals surface area contributed by atoms with Crippen LogP contribution in [0.5, 0.6) is 5.75 Å². The van der Waals surface area contributed by atoms with Crippen LogP contribution >= 0.6 is 35.6 Å². The average Bonchev–Trinajstić information content (AvgIpc) is 2.51. The second-order valence-corrected chi connectivity index (χ2v) is 4.91. The van der Waals surface area contributed by atoms with Crippen molar-refractivity contribution in [1.82, 2.24) is 5.32 Å². The van der Waals surface area contributed by atoms with Gasteiger partial charge in [0.15, 0.2) is 0 Å². The zero-order chi connectivity index (χ0) is 11.7. The summed E-state index contributed by atoms with van der Waals surface area (Å²) in [6, 6.07) is 4.69. The van der Waals surface area contributed by atoms with Crippen LogP contribution in [0.4, 0.5) is 4.79 Å². The number of carbonyl (C=O) groups excluding carboxylic acids is 1. The number of hydrogen-bond acceptors (Lipinski definition) is 4. The first-order valence-corrected chi connectivity index (χ1v) is 5.90. The van der Waals surface area contributed by atoms with E-state index in [2.05, 4.69) is 5.32 Å². The standard InChI is InChI=1S/C10H6ClNO2S2/c11-6-1-2-7(13)5(3-6)4-8-9(15)12-10(14)16-8/h1-4,13H,(H,12,14,15)/b8-4+. The number of carbonyl (C=O) groups is 1. The molecule has 0 bridgehead atoms. The highest BCUT2D eigenvalue weighted by atomic mass is 35.5. The minimum Gasteiger partial charge on any atom is -0.507 e. The number of amides is 1. The van der Waals surface area contributed by atoms with Gasteiger partial charge in [-0.2, -0.15) is 0 Å². The highest BCUT2D eigenvalue weighted by Gasteiger charge is 2.21. The number of aromatic hydroxyl groups is 1. The maximum Gasteiger partial charge on any atom is 0.289 e. The third-order valence-electron chi connectivity index (χ3n) is 1.92. The van der Waals surface area contributed by atoms with Crippen LogP contribution < -0.4 is 5.32 Å². The SMILES string of the molecule is O=C1NC(=S)/C(=C\c2cc(Cl)ccc2O)S1. The first-order chi connectivity index (χ1) is 7.56. The molecule has 1 amide bonds. The fraction of sp³-hybridized carbons (Fsp3) is 0. The third kappa shape index (κ3) is 2.37. The summed E-state index contributed by atoms with van der Waals surface area (Å²) in [5, 5.41) is 12.4. The van der Waals surface area contributed by atoms with Crippen LogP contribution in [0.1, 0.15) is 5.56 Å². The summed E-state index contributed by atoms with van der Waals surface area (Å²) < 4.78 is 0. The number of nitrogens with one attached hydrogen (secondary N) is 1. The van der Waals surface area contributed by atoms with Crippen molar-refractivity contribution in [2.45, 2.75) is 0 Å². The Morgan fingerprint density at radius 2 is 2.25 bits per heavy atom. The van der Waals surface area contributed by atoms with Crippen molar-refractivity contribution in [3.05, 3.63) is 33.7 Å². The Bertz CT molecular complexity index is 514. The van der Waals surface area contributed by atoms with E-state index in [4.69, 9.17) is 23.8 Å². The van der Waals surface area contributed by atoms with Crippen LogP contribution in [0, 0.1) is 0 Å². The normalized spacial score (nSPS) is 17.9. The molecule has 0 aliphatic carbocycles. The van der Waals surface area contributed by atoms with Crippen molar-refractivity contribution >= 4 is 51.9 Å². The van der Waals surface area contributed by atoms with E-state index in [9.17, 15) is 9.90 Å². The second-order valence-electron chi connectivity index (χ2n) is 3.06. The quantitative estimate of drug-likeness (QED) is 0.608. The van der Waals surface area contributed by atoms with Gasteiger partial charge in [0.2, 0.25) is 0 Å². The number of rotatable bonds is 1. The Morgan fingerprint density at radius 1 is 1.50 bits per heavy atom. The molecule has 82 valence electrons. The van der Waals surface area contributed by atoms with Gasteiger partial charge in [0, 0.05) is 10.6 Å². The molecule has 2 N–H and O–H groups in total. The lowest BCUT2D eigenvalue weighted by Gasteiger charge is -2.00. The van der Waals surface area contributed by atoms with Gasteiger partial charge in [-0.3, -0.25) is 4.79 Å². The second kappa shape index (κ2) is 4.45. The third-order valence-corrected chi connectivity index (χ3v) is 3.43. The Balaban J connectivity index is 2.39. The molecule has 1 aromatic carbocycles. The molecule has 1 aliphatic rings. The van der Waals surface area contributed by atoms with Crippen LogP contribution in [-0.2, 0) is 0 Å². The minimum absolute atomic E-state index is 0.0969. The number of phenolic OH excluding ortho intramolecular Hbond substituents is 1. The molecular formula is C10H6ClNO2S2. The predicted molar refractivity (Wildman–Crippen MR) is 69.8 cm³/mol. The molecule has 1 aliphatic heterocycles. The van der Waals surface area contributed by atoms with Crippen molar-refractivity contribution < 1.29 is 9.90 Å². The van der Waals surface area contributed by atoms with Crippen LogP contribution in [0.25, 0.3) is 6.08 Å². The average molecular weight is 272 g/mol. The first-order valence-electron chi connectivity index (χ1n) is 4.29. The van der Waals surface area contributed by atoms with Crippen molar-refractivity contribution in [2.75, 3.05) is 0 Å². The number of thioether (sulfide) groups is 1. The van der Waals surface area contributed by atoms with Crippen molar-refractivity contribution in [3.63, 3.8) is 0 Å². The summed E-state index contributed by atoms with van der Waals surface area (Å²) in [7, 11) is 0. The van der Waals surface area contributed by atoms with Gasteiger partial charge in [-0.1, -0.05) is 23.8 Å². The van der Waals surface area contributed by atoms with Crippen molar-refractivity contribution in [2.24, 2.45) is 0 Å². The molecule has 0 spiro atoms. The molecule has 1 heterocycles. The minimum atomic E-state index is -0.210. The fourth-order valence-corrected chi connectivity index (χ4v) is 2.41. The molecule has 1 aromatic rings. The zero-order valence-electron chi connectivity index (χ0n) is 7.86. The Hall–Kier alpha value is -1.04. The van der Waals surface area contributed by atoms with Crippen LogP contribution in [0.15, 0.2) is 23.1 Å². The molecule has 0 saturated carbocycles. The van der Waals surface area contributed by atoms with Gasteiger partial charge >= 0.3 is 0 Å². The van der Waals surface area contributed by atoms with E-state index in [0.717, 1.165) is 11.8 Å². The molecule has 0 radical (unpaired) electrons. The summed E-state index contributed by atoms with van der Waals surface area (Å²) in [5.41, 5.74) is 0.536. The Morgan fingerprint density at radius 3 is 2.88 bits per heavy atom. The lowest BCUT2D eigenvalue weighted by atomic mass is 10.2. The molecule has 6 heteroatoms. The number of hydrogen-bond donors (Lipinski definition) is 2. The van der Waals surface area contributed by atoms with Gasteiger partial charge in [0.05, 0.1) is 4.91 Å². The molecule has 0 atom stereocenters. The lowest BCUT2D eigenvalue weighted by molar-refractivity contribution is 0.265. The zero-order valence-corrected chi connectivity index (χ0v) is 10.2. The summed E-state index contributed by atoms with van der Waals surface area (Å²) in [6.07, 6.45) is 1.63. The summed E-state index contributed by atoms with van der Waals surface area (Å²) in [4.78, 5) is 12.0. The molecule has 1 fully saturated rings. The van der Waals surface area contributed by atoms with Crippen LogP contribution in [-0.4, -0.2) is 15.3 Å². The highest BCUT2D eigenvalue weighted by molar-refractivity contribution is 8.19. The molecule has 3 nitrogen and oxygen atoms in total. The molecule has 0 unspecified atom stereocenters. The Labute approximate surface area is 106 Å². The van der Waals surface area contributed by atoms with E-state index in [1.54, 1.807) is 18.2 Å². The van der Waals surface area contributed by atoms with Gasteiger partial charge in [0.1, 0.15) is 10.7 Å². The first kappa shape index (κ1) is 11.4. The van der Waals surface area contributed by atoms with Gasteiger partial charge in [-0.25, -0.2) is 0 Å². The summed E-state index contributed by atoms with van der Waals surface area (Å²) in [6.45, 7) is 0. The van der Waals surface area contributed by atoms with E-state index in [-0.39, 0.29) is 11.0 Å². The van der Waals surface area contributed by atoms with E-state index in [1.165, 1.54) is 6.07 Å². The highest BCUT2D eigenvalue weighted by Crippen LogP contribution is 2.30. The molecular weight excluding hydrogens is 266 g/mol. The number of halogens is 1. The molecule has 1 saturated heterocycles. The number of benzene rings is 1. The molecule has 0 aromatic heterocycles. The lowest BCUT2D eigenvalue weighted by Crippen LogP contribution is -2.15. The van der Waals surface area contributed by atoms with Crippen LogP contribution in [0.3, 0.4) is 0 Å². The predicted octanol–water partition coefficient (Wildman–Crippen LogP) is 3.17. The summed E-state index contributed by atoms with van der Waals surface area (Å²) >= 11 is 11.8. The van der Waals surface area contributed by atoms with Crippen molar-refractivity contribution in [1.29, 1.82) is 0 Å². The maximum absolute atomic E-state index is 11.0. The van der Waals surface area contributed by atoms with Gasteiger partial charge in [-0.15, -0.1) is 0 Å². The van der Waals surface area contributed by atoms with Crippen molar-refractivity contribution in [3.8, 4) is 5.75 Å². The van der Waals surface area contributed by atoms with E-state index in [0.29, 0.717) is 20.5 Å². The van der Waals surface area contributed by atoms with E-state index < -0.39 is 0 Å². The number of phenols is 1. The smallest absolute Gasteiger partial charge is 0.289 e. The van der Waals surface area contributed by atoms with Gasteiger partial charge in [-0.05, 0) is 36.0 Å². The van der Waals surface area contributed by atoms with Gasteiger partial charge in [0.25, 0.3) is 5.24 Å². The topological polar surface area (TPSA) is 49.3 Å². The largest absolute Gasteiger partial charge is 0.507 e. The number of thiocarbonyl (C=S) groups is 1. The monoisotopic (exact) mass is 271 g/mol. The molecule has 2 rings (SSSR count).